The highest BCUT2D eigenvalue weighted by Crippen LogP contribution is 2.22. The molecule has 0 unspecified atom stereocenters. The van der Waals surface area contributed by atoms with E-state index in [2.05, 4.69) is 10.0 Å². The average Bonchev–Trinajstić information content (AvgIpc) is 2.74. The summed E-state index contributed by atoms with van der Waals surface area (Å²) in [6.07, 6.45) is 1.11. The molecule has 2 N–H and O–H groups in total. The van der Waals surface area contributed by atoms with E-state index in [1.54, 1.807) is 11.9 Å². The van der Waals surface area contributed by atoms with E-state index in [9.17, 15) is 22.4 Å². The van der Waals surface area contributed by atoms with Gasteiger partial charge in [-0.05, 0) is 43.2 Å². The molecule has 1 aliphatic rings. The van der Waals surface area contributed by atoms with Crippen LogP contribution in [0.15, 0.2) is 53.4 Å². The lowest BCUT2D eigenvalue weighted by Gasteiger charge is -2.31. The van der Waals surface area contributed by atoms with Crippen LogP contribution in [0.4, 0.5) is 10.1 Å². The summed E-state index contributed by atoms with van der Waals surface area (Å²) in [5.41, 5.74) is 0.0558. The predicted molar refractivity (Wildman–Crippen MR) is 106 cm³/mol. The quantitative estimate of drug-likeness (QED) is 0.777. The summed E-state index contributed by atoms with van der Waals surface area (Å²) in [7, 11) is -2.48. The molecule has 1 saturated heterocycles. The number of rotatable bonds is 5. The van der Waals surface area contributed by atoms with Crippen LogP contribution in [0.1, 0.15) is 23.2 Å². The molecule has 0 spiro atoms. The van der Waals surface area contributed by atoms with E-state index in [0.717, 1.165) is 6.07 Å². The van der Waals surface area contributed by atoms with Gasteiger partial charge in [-0.3, -0.25) is 14.3 Å². The van der Waals surface area contributed by atoms with Gasteiger partial charge in [-0.1, -0.05) is 18.2 Å². The number of carbonyl (C=O) groups excluding carboxylic acids is 2. The van der Waals surface area contributed by atoms with Gasteiger partial charge in [0.2, 0.25) is 5.91 Å². The summed E-state index contributed by atoms with van der Waals surface area (Å²) < 4.78 is 41.2. The summed E-state index contributed by atoms with van der Waals surface area (Å²) in [5.74, 6) is -1.16. The summed E-state index contributed by atoms with van der Waals surface area (Å²) in [6.45, 7) is 0.836. The van der Waals surface area contributed by atoms with Crippen molar-refractivity contribution in [2.45, 2.75) is 17.7 Å². The van der Waals surface area contributed by atoms with Crippen molar-refractivity contribution >= 4 is 27.5 Å². The van der Waals surface area contributed by atoms with Crippen molar-refractivity contribution in [3.8, 4) is 0 Å². The van der Waals surface area contributed by atoms with E-state index < -0.39 is 15.8 Å². The third-order valence-corrected chi connectivity index (χ3v) is 6.27. The SMILES string of the molecule is CNC(=O)C1CCN(C(=O)c2cccc(S(=O)(=O)Nc3ccccc3F)c2)CC1. The van der Waals surface area contributed by atoms with E-state index in [-0.39, 0.29) is 33.9 Å². The fourth-order valence-corrected chi connectivity index (χ4v) is 4.39. The molecule has 29 heavy (non-hydrogen) atoms. The van der Waals surface area contributed by atoms with E-state index in [4.69, 9.17) is 0 Å². The van der Waals surface area contributed by atoms with Crippen molar-refractivity contribution in [1.29, 1.82) is 0 Å². The third kappa shape index (κ3) is 4.73. The van der Waals surface area contributed by atoms with Crippen LogP contribution in [0.2, 0.25) is 0 Å². The molecule has 0 aliphatic carbocycles. The molecule has 9 heteroatoms. The predicted octanol–water partition coefficient (Wildman–Crippen LogP) is 2.22. The van der Waals surface area contributed by atoms with Crippen molar-refractivity contribution < 1.29 is 22.4 Å². The number of benzene rings is 2. The number of anilines is 1. The standard InChI is InChI=1S/C20H22FN3O4S/c1-22-19(25)14-9-11-24(12-10-14)20(26)15-5-4-6-16(13-15)29(27,28)23-18-8-3-2-7-17(18)21/h2-8,13-14,23H,9-12H2,1H3,(H,22,25). The zero-order chi connectivity index (χ0) is 21.0. The van der Waals surface area contributed by atoms with Crippen LogP contribution in [0.25, 0.3) is 0 Å². The third-order valence-electron chi connectivity index (χ3n) is 4.91. The monoisotopic (exact) mass is 419 g/mol. The Kier molecular flexibility index (Phi) is 6.17. The first-order chi connectivity index (χ1) is 13.8. The van der Waals surface area contributed by atoms with Gasteiger partial charge in [0, 0.05) is 31.6 Å². The second-order valence-electron chi connectivity index (χ2n) is 6.79. The molecule has 1 heterocycles. The summed E-state index contributed by atoms with van der Waals surface area (Å²) in [5, 5.41) is 2.62. The van der Waals surface area contributed by atoms with Gasteiger partial charge in [-0.15, -0.1) is 0 Å². The minimum Gasteiger partial charge on any atom is -0.359 e. The number of halogens is 1. The van der Waals surface area contributed by atoms with Gasteiger partial charge in [0.15, 0.2) is 0 Å². The highest BCUT2D eigenvalue weighted by Gasteiger charge is 2.28. The molecule has 154 valence electrons. The second-order valence-corrected chi connectivity index (χ2v) is 8.48. The van der Waals surface area contributed by atoms with Crippen LogP contribution in [0.5, 0.6) is 0 Å². The maximum Gasteiger partial charge on any atom is 0.262 e. The van der Waals surface area contributed by atoms with Gasteiger partial charge in [0.25, 0.3) is 15.9 Å². The number of hydrogen-bond acceptors (Lipinski definition) is 4. The number of carbonyl (C=O) groups is 2. The molecule has 0 bridgehead atoms. The van der Waals surface area contributed by atoms with Crippen LogP contribution in [0, 0.1) is 11.7 Å². The van der Waals surface area contributed by atoms with Crippen molar-refractivity contribution in [1.82, 2.24) is 10.2 Å². The number of hydrogen-bond donors (Lipinski definition) is 2. The molecule has 7 nitrogen and oxygen atoms in total. The molecule has 2 aromatic rings. The van der Waals surface area contributed by atoms with E-state index in [0.29, 0.717) is 25.9 Å². The van der Waals surface area contributed by atoms with Gasteiger partial charge in [0.05, 0.1) is 10.6 Å². The van der Waals surface area contributed by atoms with E-state index in [1.165, 1.54) is 42.5 Å². The summed E-state index contributed by atoms with van der Waals surface area (Å²) >= 11 is 0. The van der Waals surface area contributed by atoms with E-state index in [1.807, 2.05) is 0 Å². The number of likely N-dealkylation sites (tertiary alicyclic amines) is 1. The lowest BCUT2D eigenvalue weighted by Crippen LogP contribution is -2.42. The lowest BCUT2D eigenvalue weighted by atomic mass is 9.95. The Morgan fingerprint density at radius 3 is 2.41 bits per heavy atom. The number of nitrogens with zero attached hydrogens (tertiary/aromatic N) is 1. The van der Waals surface area contributed by atoms with Gasteiger partial charge in [-0.25, -0.2) is 12.8 Å². The normalized spacial score (nSPS) is 15.0. The lowest BCUT2D eigenvalue weighted by molar-refractivity contribution is -0.125. The van der Waals surface area contributed by atoms with Gasteiger partial charge < -0.3 is 10.2 Å². The largest absolute Gasteiger partial charge is 0.359 e. The van der Waals surface area contributed by atoms with Crippen molar-refractivity contribution in [2.75, 3.05) is 24.9 Å². The number of sulfonamides is 1. The Labute approximate surface area is 169 Å². The topological polar surface area (TPSA) is 95.6 Å². The maximum absolute atomic E-state index is 13.8. The first-order valence-electron chi connectivity index (χ1n) is 9.20. The summed E-state index contributed by atoms with van der Waals surface area (Å²) in [4.78, 5) is 26.0. The molecule has 3 rings (SSSR count). The fourth-order valence-electron chi connectivity index (χ4n) is 3.28. The van der Waals surface area contributed by atoms with Crippen LogP contribution >= 0.6 is 0 Å². The summed E-state index contributed by atoms with van der Waals surface area (Å²) in [6, 6.07) is 11.1. The zero-order valence-corrected chi connectivity index (χ0v) is 16.7. The Morgan fingerprint density at radius 1 is 1.07 bits per heavy atom. The molecule has 0 aromatic heterocycles. The molecule has 0 radical (unpaired) electrons. The molecular formula is C20H22FN3O4S. The second kappa shape index (κ2) is 8.60. The minimum atomic E-state index is -4.06. The molecule has 2 amide bonds. The fraction of sp³-hybridized carbons (Fsp3) is 0.300. The molecule has 2 aromatic carbocycles. The van der Waals surface area contributed by atoms with Crippen LogP contribution in [-0.2, 0) is 14.8 Å². The molecular weight excluding hydrogens is 397 g/mol. The Balaban J connectivity index is 1.75. The smallest absolute Gasteiger partial charge is 0.262 e. The Morgan fingerprint density at radius 2 is 1.76 bits per heavy atom. The Hall–Kier alpha value is -2.94. The van der Waals surface area contributed by atoms with Gasteiger partial charge in [0.1, 0.15) is 5.82 Å². The average molecular weight is 419 g/mol. The highest BCUT2D eigenvalue weighted by molar-refractivity contribution is 7.92. The number of amides is 2. The number of piperidine rings is 1. The van der Waals surface area contributed by atoms with Gasteiger partial charge >= 0.3 is 0 Å². The van der Waals surface area contributed by atoms with E-state index >= 15 is 0 Å². The molecule has 1 aliphatic heterocycles. The van der Waals surface area contributed by atoms with Crippen LogP contribution < -0.4 is 10.0 Å². The number of nitrogens with one attached hydrogen (secondary N) is 2. The highest BCUT2D eigenvalue weighted by atomic mass is 32.2. The van der Waals surface area contributed by atoms with Crippen LogP contribution in [-0.4, -0.2) is 45.3 Å². The molecule has 0 saturated carbocycles. The maximum atomic E-state index is 13.8. The van der Waals surface area contributed by atoms with Crippen molar-refractivity contribution in [3.05, 3.63) is 59.9 Å². The Bertz CT molecular complexity index is 1020. The first kappa shape index (κ1) is 20.8. The van der Waals surface area contributed by atoms with Crippen LogP contribution in [0.3, 0.4) is 0 Å². The zero-order valence-electron chi connectivity index (χ0n) is 15.9. The number of para-hydroxylation sites is 1. The minimum absolute atomic E-state index is 0.0376. The molecule has 1 fully saturated rings. The van der Waals surface area contributed by atoms with Gasteiger partial charge in [-0.2, -0.15) is 0 Å². The van der Waals surface area contributed by atoms with Crippen molar-refractivity contribution in [2.24, 2.45) is 5.92 Å². The molecule has 0 atom stereocenters. The van der Waals surface area contributed by atoms with Crippen molar-refractivity contribution in [3.63, 3.8) is 0 Å². The first-order valence-corrected chi connectivity index (χ1v) is 10.7.